The number of rotatable bonds is 7. The zero-order valence-electron chi connectivity index (χ0n) is 20.4. The van der Waals surface area contributed by atoms with Gasteiger partial charge >= 0.3 is 0 Å². The van der Waals surface area contributed by atoms with E-state index >= 15 is 0 Å². The highest BCUT2D eigenvalue weighted by molar-refractivity contribution is 7.89. The van der Waals surface area contributed by atoms with Crippen LogP contribution in [0.15, 0.2) is 53.4 Å². The highest BCUT2D eigenvalue weighted by Crippen LogP contribution is 2.31. The number of benzene rings is 2. The monoisotopic (exact) mass is 495 g/mol. The maximum Gasteiger partial charge on any atom is 0.238 e. The Labute approximate surface area is 207 Å². The van der Waals surface area contributed by atoms with Crippen molar-refractivity contribution in [3.63, 3.8) is 0 Å². The van der Waals surface area contributed by atoms with Gasteiger partial charge in [0.25, 0.3) is 0 Å². The molecule has 0 amide bonds. The van der Waals surface area contributed by atoms with E-state index in [9.17, 15) is 8.42 Å². The van der Waals surface area contributed by atoms with Crippen LogP contribution in [-0.4, -0.2) is 37.4 Å². The van der Waals surface area contributed by atoms with Crippen molar-refractivity contribution < 1.29 is 13.2 Å². The van der Waals surface area contributed by atoms with E-state index in [-0.39, 0.29) is 10.9 Å². The highest BCUT2D eigenvalue weighted by Gasteiger charge is 2.21. The minimum Gasteiger partial charge on any atom is -0.438 e. The van der Waals surface area contributed by atoms with Crippen molar-refractivity contribution in [1.29, 1.82) is 0 Å². The van der Waals surface area contributed by atoms with Crippen molar-refractivity contribution in [3.05, 3.63) is 70.8 Å². The molecule has 0 unspecified atom stereocenters. The fourth-order valence-corrected chi connectivity index (χ4v) is 5.04. The van der Waals surface area contributed by atoms with Crippen LogP contribution in [-0.2, 0) is 16.6 Å². The number of hydrogen-bond donors (Lipinski definition) is 3. The van der Waals surface area contributed by atoms with Crippen LogP contribution in [0, 0.1) is 20.8 Å². The van der Waals surface area contributed by atoms with Crippen molar-refractivity contribution >= 4 is 21.5 Å². The number of piperidine rings is 1. The molecule has 1 fully saturated rings. The average Bonchev–Trinajstić information content (AvgIpc) is 2.79. The molecular weight excluding hydrogens is 462 g/mol. The summed E-state index contributed by atoms with van der Waals surface area (Å²) in [6.07, 6.45) is 1.88. The molecule has 0 bridgehead atoms. The lowest BCUT2D eigenvalue weighted by atomic mass is 10.0. The Bertz CT molecular complexity index is 1280. The molecule has 0 atom stereocenters. The summed E-state index contributed by atoms with van der Waals surface area (Å²) in [7, 11) is -3.67. The molecule has 186 valence electrons. The molecule has 8 nitrogen and oxygen atoms in total. The van der Waals surface area contributed by atoms with Gasteiger partial charge in [0.05, 0.1) is 10.6 Å². The highest BCUT2D eigenvalue weighted by atomic mass is 32.2. The van der Waals surface area contributed by atoms with Gasteiger partial charge in [-0.15, -0.1) is 0 Å². The third-order valence-electron chi connectivity index (χ3n) is 6.30. The number of nitrogens with zero attached hydrogens (tertiary/aromatic N) is 2. The number of primary sulfonamides is 1. The van der Waals surface area contributed by atoms with Gasteiger partial charge in [-0.1, -0.05) is 29.8 Å². The number of hydrogen-bond acceptors (Lipinski definition) is 7. The number of nitrogens with two attached hydrogens (primary N) is 2. The van der Waals surface area contributed by atoms with E-state index in [2.05, 4.69) is 34.3 Å². The topological polar surface area (TPSA) is 124 Å². The van der Waals surface area contributed by atoms with Crippen molar-refractivity contribution in [1.82, 2.24) is 9.88 Å². The first-order chi connectivity index (χ1) is 16.6. The van der Waals surface area contributed by atoms with Crippen LogP contribution in [0.4, 0.5) is 11.5 Å². The quantitative estimate of drug-likeness (QED) is 0.451. The molecule has 35 heavy (non-hydrogen) atoms. The summed E-state index contributed by atoms with van der Waals surface area (Å²) >= 11 is 0. The maximum absolute atomic E-state index is 11.4. The van der Waals surface area contributed by atoms with E-state index in [4.69, 9.17) is 15.6 Å². The standard InChI is InChI=1S/C26H33N5O3S/c1-17-14-18(2)25(19(3)15-17)34-24-9-8-23(27)26(30-24)29-21-10-12-31(13-11-21)16-20-4-6-22(7-5-20)35(28,32)33/h4-9,14-15,21H,10-13,16,27H2,1-3H3,(H,29,30)(H2,28,32,33). The first kappa shape index (κ1) is 25.0. The number of nitrogens with one attached hydrogen (secondary N) is 1. The average molecular weight is 496 g/mol. The lowest BCUT2D eigenvalue weighted by molar-refractivity contribution is 0.211. The van der Waals surface area contributed by atoms with Crippen LogP contribution >= 0.6 is 0 Å². The number of likely N-dealkylation sites (tertiary alicyclic amines) is 1. The Hall–Kier alpha value is -3.14. The van der Waals surface area contributed by atoms with Gasteiger partial charge in [-0.2, -0.15) is 4.98 Å². The van der Waals surface area contributed by atoms with Crippen LogP contribution in [0.1, 0.15) is 35.1 Å². The number of anilines is 2. The van der Waals surface area contributed by atoms with Crippen LogP contribution in [0.25, 0.3) is 0 Å². The van der Waals surface area contributed by atoms with E-state index in [1.54, 1.807) is 18.2 Å². The Kier molecular flexibility index (Phi) is 7.30. The second-order valence-corrected chi connectivity index (χ2v) is 10.9. The minimum atomic E-state index is -3.67. The summed E-state index contributed by atoms with van der Waals surface area (Å²) in [5, 5.41) is 8.68. The summed E-state index contributed by atoms with van der Waals surface area (Å²) in [6.45, 7) is 8.72. The molecule has 1 aromatic heterocycles. The summed E-state index contributed by atoms with van der Waals surface area (Å²) < 4.78 is 29.0. The normalized spacial score (nSPS) is 15.2. The van der Waals surface area contributed by atoms with Crippen LogP contribution in [0.2, 0.25) is 0 Å². The molecule has 0 saturated carbocycles. The number of aryl methyl sites for hydroxylation is 3. The number of nitrogen functional groups attached to an aromatic ring is 1. The fourth-order valence-electron chi connectivity index (χ4n) is 4.53. The van der Waals surface area contributed by atoms with Crippen molar-refractivity contribution in [2.24, 2.45) is 5.14 Å². The molecule has 9 heteroatoms. The molecule has 1 aliphatic rings. The lowest BCUT2D eigenvalue weighted by Gasteiger charge is -2.32. The molecule has 0 radical (unpaired) electrons. The molecule has 0 aliphatic carbocycles. The van der Waals surface area contributed by atoms with E-state index in [0.29, 0.717) is 17.4 Å². The largest absolute Gasteiger partial charge is 0.438 e. The van der Waals surface area contributed by atoms with Gasteiger partial charge in [0.15, 0.2) is 5.82 Å². The van der Waals surface area contributed by atoms with Crippen LogP contribution in [0.5, 0.6) is 11.6 Å². The Morgan fingerprint density at radius 3 is 2.26 bits per heavy atom. The molecule has 0 spiro atoms. The van der Waals surface area contributed by atoms with Gasteiger partial charge in [0, 0.05) is 31.7 Å². The smallest absolute Gasteiger partial charge is 0.238 e. The van der Waals surface area contributed by atoms with Gasteiger partial charge in [0.2, 0.25) is 15.9 Å². The molecule has 1 saturated heterocycles. The fraction of sp³-hybridized carbons (Fsp3) is 0.346. The van der Waals surface area contributed by atoms with Gasteiger partial charge in [-0.3, -0.25) is 4.90 Å². The molecule has 2 aromatic carbocycles. The second kappa shape index (κ2) is 10.2. The first-order valence-electron chi connectivity index (χ1n) is 11.7. The predicted octanol–water partition coefficient (Wildman–Crippen LogP) is 4.11. The van der Waals surface area contributed by atoms with Crippen molar-refractivity contribution in [2.45, 2.75) is 51.1 Å². The van der Waals surface area contributed by atoms with Gasteiger partial charge in [-0.05, 0) is 68.5 Å². The van der Waals surface area contributed by atoms with Crippen molar-refractivity contribution in [2.75, 3.05) is 24.1 Å². The number of pyridine rings is 1. The number of ether oxygens (including phenoxy) is 1. The van der Waals surface area contributed by atoms with Gasteiger partial charge in [0.1, 0.15) is 5.75 Å². The summed E-state index contributed by atoms with van der Waals surface area (Å²) in [4.78, 5) is 7.13. The van der Waals surface area contributed by atoms with E-state index < -0.39 is 10.0 Å². The number of sulfonamides is 1. The van der Waals surface area contributed by atoms with E-state index in [1.807, 2.05) is 32.0 Å². The Balaban J connectivity index is 1.35. The molecule has 2 heterocycles. The van der Waals surface area contributed by atoms with Crippen LogP contribution in [0.3, 0.4) is 0 Å². The molecule has 4 rings (SSSR count). The molecule has 3 aromatic rings. The second-order valence-electron chi connectivity index (χ2n) is 9.30. The van der Waals surface area contributed by atoms with E-state index in [0.717, 1.165) is 54.9 Å². The maximum atomic E-state index is 11.4. The third kappa shape index (κ3) is 6.30. The molecular formula is C26H33N5O3S. The zero-order valence-corrected chi connectivity index (χ0v) is 21.2. The molecule has 1 aliphatic heterocycles. The zero-order chi connectivity index (χ0) is 25.2. The van der Waals surface area contributed by atoms with E-state index in [1.165, 1.54) is 5.56 Å². The Morgan fingerprint density at radius 2 is 1.66 bits per heavy atom. The van der Waals surface area contributed by atoms with Gasteiger partial charge < -0.3 is 15.8 Å². The van der Waals surface area contributed by atoms with Gasteiger partial charge in [-0.25, -0.2) is 13.6 Å². The lowest BCUT2D eigenvalue weighted by Crippen LogP contribution is -2.38. The predicted molar refractivity (Wildman–Crippen MR) is 139 cm³/mol. The summed E-state index contributed by atoms with van der Waals surface area (Å²) in [6, 6.07) is 14.8. The summed E-state index contributed by atoms with van der Waals surface area (Å²) in [5.41, 5.74) is 11.2. The Morgan fingerprint density at radius 1 is 1.03 bits per heavy atom. The van der Waals surface area contributed by atoms with Crippen molar-refractivity contribution in [3.8, 4) is 11.6 Å². The molecule has 5 N–H and O–H groups in total. The van der Waals surface area contributed by atoms with Crippen LogP contribution < -0.4 is 20.9 Å². The number of aromatic nitrogens is 1. The third-order valence-corrected chi connectivity index (χ3v) is 7.23. The summed E-state index contributed by atoms with van der Waals surface area (Å²) in [5.74, 6) is 1.98. The first-order valence-corrected chi connectivity index (χ1v) is 13.3. The SMILES string of the molecule is Cc1cc(C)c(Oc2ccc(N)c(NC3CCN(Cc4ccc(S(N)(=O)=O)cc4)CC3)n2)c(C)c1. The minimum absolute atomic E-state index is 0.133.